The molecule has 1 rings (SSSR count). The Kier molecular flexibility index (Phi) is 5.86. The molecule has 0 radical (unpaired) electrons. The zero-order chi connectivity index (χ0) is 10.9. The molecule has 1 aromatic rings. The van der Waals surface area contributed by atoms with Crippen LogP contribution in [0.4, 0.5) is 5.69 Å². The van der Waals surface area contributed by atoms with Gasteiger partial charge in [-0.2, -0.15) is 0 Å². The van der Waals surface area contributed by atoms with Crippen molar-refractivity contribution in [2.24, 2.45) is 0 Å². The Morgan fingerprint density at radius 1 is 1.07 bits per heavy atom. The van der Waals surface area contributed by atoms with Gasteiger partial charge in [0.25, 0.3) is 0 Å². The molecule has 0 atom stereocenters. The standard InChI is InChI=1S/C13H21NO/c1-3-10-15-11-9-14-13-7-5-12(4-2)6-8-13/h5-8,14H,3-4,9-11H2,1-2H3. The average molecular weight is 207 g/mol. The second-order valence-corrected chi connectivity index (χ2v) is 3.59. The lowest BCUT2D eigenvalue weighted by atomic mass is 10.1. The molecule has 0 aliphatic rings. The molecule has 0 unspecified atom stereocenters. The Labute approximate surface area is 92.6 Å². The predicted octanol–water partition coefficient (Wildman–Crippen LogP) is 3.09. The lowest BCUT2D eigenvalue weighted by molar-refractivity contribution is 0.144. The van der Waals surface area contributed by atoms with E-state index < -0.39 is 0 Å². The summed E-state index contributed by atoms with van der Waals surface area (Å²) in [6.45, 7) is 6.81. The molecule has 0 aliphatic carbocycles. The van der Waals surface area contributed by atoms with Crippen LogP contribution in [0.2, 0.25) is 0 Å². The molecule has 84 valence electrons. The molecule has 0 saturated carbocycles. The molecular formula is C13H21NO. The minimum atomic E-state index is 0.781. The maximum Gasteiger partial charge on any atom is 0.0639 e. The third-order valence-corrected chi connectivity index (χ3v) is 2.29. The van der Waals surface area contributed by atoms with Crippen LogP contribution in [0.5, 0.6) is 0 Å². The second kappa shape index (κ2) is 7.30. The van der Waals surface area contributed by atoms with Crippen LogP contribution in [0.1, 0.15) is 25.8 Å². The summed E-state index contributed by atoms with van der Waals surface area (Å²) in [5, 5.41) is 3.33. The first-order chi connectivity index (χ1) is 7.36. The van der Waals surface area contributed by atoms with E-state index in [0.29, 0.717) is 0 Å². The van der Waals surface area contributed by atoms with Crippen LogP contribution in [0, 0.1) is 0 Å². The van der Waals surface area contributed by atoms with Gasteiger partial charge in [0.2, 0.25) is 0 Å². The summed E-state index contributed by atoms with van der Waals surface area (Å²) in [4.78, 5) is 0. The molecule has 2 nitrogen and oxygen atoms in total. The molecule has 15 heavy (non-hydrogen) atoms. The van der Waals surface area contributed by atoms with Crippen LogP contribution in [0.15, 0.2) is 24.3 Å². The van der Waals surface area contributed by atoms with Gasteiger partial charge in [-0.3, -0.25) is 0 Å². The molecule has 0 fully saturated rings. The molecule has 0 heterocycles. The van der Waals surface area contributed by atoms with Crippen LogP contribution >= 0.6 is 0 Å². The highest BCUT2D eigenvalue weighted by Gasteiger charge is 1.92. The zero-order valence-corrected chi connectivity index (χ0v) is 9.75. The van der Waals surface area contributed by atoms with Crippen molar-refractivity contribution in [1.82, 2.24) is 0 Å². The highest BCUT2D eigenvalue weighted by atomic mass is 16.5. The smallest absolute Gasteiger partial charge is 0.0639 e. The SMILES string of the molecule is CCCOCCNc1ccc(CC)cc1. The van der Waals surface area contributed by atoms with Gasteiger partial charge < -0.3 is 10.1 Å². The number of aryl methyl sites for hydroxylation is 1. The number of hydrogen-bond donors (Lipinski definition) is 1. The Bertz CT molecular complexity index is 256. The number of anilines is 1. The monoisotopic (exact) mass is 207 g/mol. The summed E-state index contributed by atoms with van der Waals surface area (Å²) in [6.07, 6.45) is 2.19. The Morgan fingerprint density at radius 2 is 1.80 bits per heavy atom. The molecule has 0 amide bonds. The highest BCUT2D eigenvalue weighted by molar-refractivity contribution is 5.44. The predicted molar refractivity (Wildman–Crippen MR) is 65.4 cm³/mol. The Morgan fingerprint density at radius 3 is 2.40 bits per heavy atom. The van der Waals surface area contributed by atoms with Gasteiger partial charge in [-0.05, 0) is 30.5 Å². The van der Waals surface area contributed by atoms with E-state index in [0.717, 1.165) is 32.6 Å². The largest absolute Gasteiger partial charge is 0.383 e. The zero-order valence-electron chi connectivity index (χ0n) is 9.75. The second-order valence-electron chi connectivity index (χ2n) is 3.59. The lowest BCUT2D eigenvalue weighted by Crippen LogP contribution is -2.09. The van der Waals surface area contributed by atoms with Crippen molar-refractivity contribution in [1.29, 1.82) is 0 Å². The fourth-order valence-corrected chi connectivity index (χ4v) is 1.37. The topological polar surface area (TPSA) is 21.3 Å². The van der Waals surface area contributed by atoms with Gasteiger partial charge in [-0.1, -0.05) is 26.0 Å². The Balaban J connectivity index is 2.20. The van der Waals surface area contributed by atoms with E-state index in [1.165, 1.54) is 11.3 Å². The van der Waals surface area contributed by atoms with Gasteiger partial charge in [0.05, 0.1) is 6.61 Å². The molecule has 1 aromatic carbocycles. The van der Waals surface area contributed by atoms with E-state index in [1.807, 2.05) is 0 Å². The lowest BCUT2D eigenvalue weighted by Gasteiger charge is -2.07. The molecule has 0 saturated heterocycles. The maximum absolute atomic E-state index is 5.39. The maximum atomic E-state index is 5.39. The van der Waals surface area contributed by atoms with Gasteiger partial charge in [0, 0.05) is 18.8 Å². The summed E-state index contributed by atoms with van der Waals surface area (Å²) in [5.41, 5.74) is 2.55. The van der Waals surface area contributed by atoms with E-state index in [1.54, 1.807) is 0 Å². The van der Waals surface area contributed by atoms with Crippen molar-refractivity contribution in [2.45, 2.75) is 26.7 Å². The van der Waals surface area contributed by atoms with Crippen molar-refractivity contribution >= 4 is 5.69 Å². The van der Waals surface area contributed by atoms with E-state index >= 15 is 0 Å². The van der Waals surface area contributed by atoms with Crippen LogP contribution in [0.25, 0.3) is 0 Å². The van der Waals surface area contributed by atoms with E-state index in [2.05, 4.69) is 43.4 Å². The summed E-state index contributed by atoms with van der Waals surface area (Å²) >= 11 is 0. The Hall–Kier alpha value is -1.02. The summed E-state index contributed by atoms with van der Waals surface area (Å²) < 4.78 is 5.39. The van der Waals surface area contributed by atoms with Crippen LogP contribution in [0.3, 0.4) is 0 Å². The molecule has 1 N–H and O–H groups in total. The summed E-state index contributed by atoms with van der Waals surface area (Å²) in [5.74, 6) is 0. The van der Waals surface area contributed by atoms with Gasteiger partial charge in [0.15, 0.2) is 0 Å². The fourth-order valence-electron chi connectivity index (χ4n) is 1.37. The van der Waals surface area contributed by atoms with E-state index in [-0.39, 0.29) is 0 Å². The number of ether oxygens (including phenoxy) is 1. The van der Waals surface area contributed by atoms with Crippen molar-refractivity contribution in [3.05, 3.63) is 29.8 Å². The number of benzene rings is 1. The molecule has 0 aliphatic heterocycles. The first kappa shape index (κ1) is 12.1. The quantitative estimate of drug-likeness (QED) is 0.694. The number of nitrogens with one attached hydrogen (secondary N) is 1. The third kappa shape index (κ3) is 4.84. The van der Waals surface area contributed by atoms with Crippen molar-refractivity contribution < 1.29 is 4.74 Å². The average Bonchev–Trinajstić information content (AvgIpc) is 2.30. The van der Waals surface area contributed by atoms with Gasteiger partial charge >= 0.3 is 0 Å². The molecule has 0 aromatic heterocycles. The van der Waals surface area contributed by atoms with Crippen LogP contribution in [-0.2, 0) is 11.2 Å². The molecule has 0 bridgehead atoms. The minimum Gasteiger partial charge on any atom is -0.383 e. The number of hydrogen-bond acceptors (Lipinski definition) is 2. The molecular weight excluding hydrogens is 186 g/mol. The fraction of sp³-hybridized carbons (Fsp3) is 0.538. The molecule has 2 heteroatoms. The molecule has 0 spiro atoms. The number of rotatable bonds is 7. The first-order valence-corrected chi connectivity index (χ1v) is 5.77. The van der Waals surface area contributed by atoms with Gasteiger partial charge in [-0.25, -0.2) is 0 Å². The van der Waals surface area contributed by atoms with Gasteiger partial charge in [-0.15, -0.1) is 0 Å². The van der Waals surface area contributed by atoms with E-state index in [4.69, 9.17) is 4.74 Å². The van der Waals surface area contributed by atoms with Crippen molar-refractivity contribution in [3.8, 4) is 0 Å². The third-order valence-electron chi connectivity index (χ3n) is 2.29. The van der Waals surface area contributed by atoms with Crippen LogP contribution in [-0.4, -0.2) is 19.8 Å². The highest BCUT2D eigenvalue weighted by Crippen LogP contribution is 2.09. The minimum absolute atomic E-state index is 0.781. The summed E-state index contributed by atoms with van der Waals surface area (Å²) in [6, 6.07) is 8.57. The van der Waals surface area contributed by atoms with Crippen molar-refractivity contribution in [2.75, 3.05) is 25.1 Å². The summed E-state index contributed by atoms with van der Waals surface area (Å²) in [7, 11) is 0. The van der Waals surface area contributed by atoms with Crippen molar-refractivity contribution in [3.63, 3.8) is 0 Å². The normalized spacial score (nSPS) is 10.3. The van der Waals surface area contributed by atoms with Crippen LogP contribution < -0.4 is 5.32 Å². The van der Waals surface area contributed by atoms with Gasteiger partial charge in [0.1, 0.15) is 0 Å². The first-order valence-electron chi connectivity index (χ1n) is 5.77. The van der Waals surface area contributed by atoms with E-state index in [9.17, 15) is 0 Å².